The highest BCUT2D eigenvalue weighted by atomic mass is 16.6. The van der Waals surface area contributed by atoms with Gasteiger partial charge in [0.1, 0.15) is 13.2 Å². The van der Waals surface area contributed by atoms with Gasteiger partial charge in [-0.15, -0.1) is 0 Å². The predicted octanol–water partition coefficient (Wildman–Crippen LogP) is 3.98. The molecule has 3 aliphatic rings. The van der Waals surface area contributed by atoms with Gasteiger partial charge in [-0.1, -0.05) is 37.1 Å². The monoisotopic (exact) mass is 392 g/mol. The van der Waals surface area contributed by atoms with Crippen LogP contribution in [0.1, 0.15) is 37.7 Å². The Hall–Kier alpha value is -2.69. The van der Waals surface area contributed by atoms with Gasteiger partial charge in [-0.25, -0.2) is 0 Å². The van der Waals surface area contributed by atoms with E-state index in [1.165, 1.54) is 0 Å². The van der Waals surface area contributed by atoms with E-state index in [9.17, 15) is 4.79 Å². The molecular formula is C24H28N2O3. The van der Waals surface area contributed by atoms with Crippen LogP contribution in [0, 0.1) is 0 Å². The summed E-state index contributed by atoms with van der Waals surface area (Å²) < 4.78 is 11.5. The minimum absolute atomic E-state index is 0.282. The lowest BCUT2D eigenvalue weighted by atomic mass is 9.77. The van der Waals surface area contributed by atoms with Gasteiger partial charge in [-0.05, 0) is 49.1 Å². The number of likely N-dealkylation sites (tertiary alicyclic amines) is 1. The number of hydrogen-bond acceptors (Lipinski definition) is 4. The van der Waals surface area contributed by atoms with E-state index in [1.54, 1.807) is 0 Å². The van der Waals surface area contributed by atoms with E-state index in [-0.39, 0.29) is 5.91 Å². The van der Waals surface area contributed by atoms with E-state index in [2.05, 4.69) is 28.4 Å². The van der Waals surface area contributed by atoms with Crippen LogP contribution in [0.4, 0.5) is 5.69 Å². The summed E-state index contributed by atoms with van der Waals surface area (Å²) in [6.07, 6.45) is 5.01. The van der Waals surface area contributed by atoms with Crippen LogP contribution in [-0.4, -0.2) is 43.2 Å². The first kappa shape index (κ1) is 18.3. The number of rotatable bonds is 4. The quantitative estimate of drug-likeness (QED) is 0.855. The van der Waals surface area contributed by atoms with Gasteiger partial charge in [0.05, 0.1) is 5.41 Å². The average molecular weight is 392 g/mol. The highest BCUT2D eigenvalue weighted by molar-refractivity contribution is 5.89. The molecule has 2 aromatic rings. The Morgan fingerprint density at radius 1 is 1.00 bits per heavy atom. The van der Waals surface area contributed by atoms with Crippen LogP contribution >= 0.6 is 0 Å². The lowest BCUT2D eigenvalue weighted by molar-refractivity contribution is -0.136. The molecule has 29 heavy (non-hydrogen) atoms. The molecule has 1 aliphatic carbocycles. The molecule has 152 valence electrons. The molecule has 0 spiro atoms. The summed E-state index contributed by atoms with van der Waals surface area (Å²) in [5.74, 6) is 1.84. The van der Waals surface area contributed by atoms with Crippen molar-refractivity contribution in [2.24, 2.45) is 0 Å². The number of hydrogen-bond donors (Lipinski definition) is 1. The molecule has 1 saturated carbocycles. The summed E-state index contributed by atoms with van der Waals surface area (Å²) in [5, 5.41) is 3.58. The van der Waals surface area contributed by atoms with Crippen molar-refractivity contribution in [3.63, 3.8) is 0 Å². The Balaban J connectivity index is 1.35. The number of para-hydroxylation sites is 1. The van der Waals surface area contributed by atoms with Gasteiger partial charge >= 0.3 is 0 Å². The molecule has 2 aliphatic heterocycles. The van der Waals surface area contributed by atoms with Crippen LogP contribution in [0.2, 0.25) is 0 Å². The van der Waals surface area contributed by atoms with Crippen molar-refractivity contribution in [2.75, 3.05) is 31.6 Å². The molecule has 1 unspecified atom stereocenters. The fourth-order valence-electron chi connectivity index (χ4n) is 5.08. The minimum Gasteiger partial charge on any atom is -0.486 e. The largest absolute Gasteiger partial charge is 0.486 e. The number of amides is 1. The molecule has 0 aromatic heterocycles. The van der Waals surface area contributed by atoms with E-state index in [4.69, 9.17) is 9.47 Å². The second-order valence-electron chi connectivity index (χ2n) is 8.39. The maximum absolute atomic E-state index is 13.8. The first-order valence-electron chi connectivity index (χ1n) is 10.8. The van der Waals surface area contributed by atoms with Crippen LogP contribution in [0.5, 0.6) is 11.5 Å². The summed E-state index contributed by atoms with van der Waals surface area (Å²) in [6, 6.07) is 16.7. The molecule has 0 bridgehead atoms. The SMILES string of the molecule is O=C(N1CCC(Nc2ccccc2)C1)C1(c2ccc3c(c2)OCCO3)CCCC1. The van der Waals surface area contributed by atoms with Crippen molar-refractivity contribution in [1.29, 1.82) is 0 Å². The number of fused-ring (bicyclic) bond motifs is 1. The molecule has 5 rings (SSSR count). The van der Waals surface area contributed by atoms with Crippen molar-refractivity contribution < 1.29 is 14.3 Å². The third kappa shape index (κ3) is 3.43. The zero-order valence-electron chi connectivity index (χ0n) is 16.7. The van der Waals surface area contributed by atoms with Gasteiger partial charge in [0.2, 0.25) is 5.91 Å². The summed E-state index contributed by atoms with van der Waals surface area (Å²) in [4.78, 5) is 15.8. The van der Waals surface area contributed by atoms with Gasteiger partial charge in [0, 0.05) is 24.8 Å². The second-order valence-corrected chi connectivity index (χ2v) is 8.39. The molecule has 0 radical (unpaired) electrons. The number of carbonyl (C=O) groups is 1. The first-order valence-corrected chi connectivity index (χ1v) is 10.8. The Morgan fingerprint density at radius 2 is 1.76 bits per heavy atom. The highest BCUT2D eigenvalue weighted by Crippen LogP contribution is 2.45. The number of carbonyl (C=O) groups excluding carboxylic acids is 1. The molecular weight excluding hydrogens is 364 g/mol. The van der Waals surface area contributed by atoms with Crippen molar-refractivity contribution in [3.8, 4) is 11.5 Å². The fourth-order valence-corrected chi connectivity index (χ4v) is 5.08. The smallest absolute Gasteiger partial charge is 0.233 e. The number of nitrogens with one attached hydrogen (secondary N) is 1. The Bertz CT molecular complexity index is 877. The fraction of sp³-hybridized carbons (Fsp3) is 0.458. The van der Waals surface area contributed by atoms with Gasteiger partial charge in [0.25, 0.3) is 0 Å². The maximum atomic E-state index is 13.8. The molecule has 2 fully saturated rings. The molecule has 5 nitrogen and oxygen atoms in total. The topological polar surface area (TPSA) is 50.8 Å². The van der Waals surface area contributed by atoms with Gasteiger partial charge < -0.3 is 19.7 Å². The van der Waals surface area contributed by atoms with Crippen molar-refractivity contribution in [3.05, 3.63) is 54.1 Å². The number of nitrogens with zero attached hydrogens (tertiary/aromatic N) is 1. The second kappa shape index (κ2) is 7.62. The van der Waals surface area contributed by atoms with E-state index >= 15 is 0 Å². The Labute approximate surface area is 172 Å². The van der Waals surface area contributed by atoms with E-state index in [1.807, 2.05) is 30.3 Å². The molecule has 1 saturated heterocycles. The third-order valence-electron chi connectivity index (χ3n) is 6.58. The van der Waals surface area contributed by atoms with Crippen molar-refractivity contribution >= 4 is 11.6 Å². The first-order chi connectivity index (χ1) is 14.2. The standard InChI is InChI=1S/C24H28N2O3/c27-23(26-13-10-20(17-26)25-19-6-2-1-3-7-19)24(11-4-5-12-24)18-8-9-21-22(16-18)29-15-14-28-21/h1-3,6-9,16,20,25H,4-5,10-15,17H2. The molecule has 1 atom stereocenters. The number of benzene rings is 2. The maximum Gasteiger partial charge on any atom is 0.233 e. The van der Waals surface area contributed by atoms with Gasteiger partial charge in [-0.2, -0.15) is 0 Å². The molecule has 5 heteroatoms. The lowest BCUT2D eigenvalue weighted by Crippen LogP contribution is -2.45. The van der Waals surface area contributed by atoms with Crippen LogP contribution in [0.25, 0.3) is 0 Å². The van der Waals surface area contributed by atoms with Crippen LogP contribution in [0.15, 0.2) is 48.5 Å². The molecule has 1 amide bonds. The van der Waals surface area contributed by atoms with E-state index in [0.29, 0.717) is 19.3 Å². The van der Waals surface area contributed by atoms with Crippen molar-refractivity contribution in [2.45, 2.75) is 43.6 Å². The summed E-state index contributed by atoms with van der Waals surface area (Å²) in [5.41, 5.74) is 1.79. The zero-order valence-corrected chi connectivity index (χ0v) is 16.7. The number of ether oxygens (including phenoxy) is 2. The Morgan fingerprint density at radius 3 is 2.55 bits per heavy atom. The van der Waals surface area contributed by atoms with Gasteiger partial charge in [-0.3, -0.25) is 4.79 Å². The van der Waals surface area contributed by atoms with Crippen LogP contribution < -0.4 is 14.8 Å². The number of anilines is 1. The lowest BCUT2D eigenvalue weighted by Gasteiger charge is -2.33. The van der Waals surface area contributed by atoms with Gasteiger partial charge in [0.15, 0.2) is 11.5 Å². The predicted molar refractivity (Wildman–Crippen MR) is 113 cm³/mol. The zero-order chi connectivity index (χ0) is 19.7. The average Bonchev–Trinajstić information content (AvgIpc) is 3.44. The summed E-state index contributed by atoms with van der Waals surface area (Å²) in [6.45, 7) is 2.73. The molecule has 1 N–H and O–H groups in total. The highest BCUT2D eigenvalue weighted by Gasteiger charge is 2.46. The van der Waals surface area contributed by atoms with Crippen LogP contribution in [0.3, 0.4) is 0 Å². The minimum atomic E-state index is -0.419. The Kier molecular flexibility index (Phi) is 4.82. The molecule has 2 heterocycles. The third-order valence-corrected chi connectivity index (χ3v) is 6.58. The van der Waals surface area contributed by atoms with E-state index < -0.39 is 5.41 Å². The summed E-state index contributed by atoms with van der Waals surface area (Å²) in [7, 11) is 0. The normalized spacial score (nSPS) is 22.5. The van der Waals surface area contributed by atoms with Crippen LogP contribution in [-0.2, 0) is 10.2 Å². The summed E-state index contributed by atoms with van der Waals surface area (Å²) >= 11 is 0. The molecule has 2 aromatic carbocycles. The van der Waals surface area contributed by atoms with Crippen molar-refractivity contribution in [1.82, 2.24) is 4.90 Å². The van der Waals surface area contributed by atoms with E-state index in [0.717, 1.165) is 67.9 Å².